The molecule has 3 rings (SSSR count). The van der Waals surface area contributed by atoms with Gasteiger partial charge in [-0.3, -0.25) is 4.90 Å². The molecule has 7 heteroatoms. The smallest absolute Gasteiger partial charge is 0.186 e. The third kappa shape index (κ3) is 3.62. The van der Waals surface area contributed by atoms with Crippen LogP contribution in [0.15, 0.2) is 6.33 Å². The summed E-state index contributed by atoms with van der Waals surface area (Å²) in [5.74, 6) is -0.0566. The Morgan fingerprint density at radius 3 is 2.78 bits per heavy atom. The largest absolute Gasteiger partial charge is 0.379 e. The average Bonchev–Trinajstić information content (AvgIpc) is 2.62. The van der Waals surface area contributed by atoms with Gasteiger partial charge in [0, 0.05) is 26.2 Å². The van der Waals surface area contributed by atoms with Gasteiger partial charge in [0.1, 0.15) is 6.33 Å². The van der Waals surface area contributed by atoms with Crippen LogP contribution in [0.5, 0.6) is 0 Å². The molecule has 0 bridgehead atoms. The lowest BCUT2D eigenvalue weighted by Crippen LogP contribution is -2.61. The van der Waals surface area contributed by atoms with Crippen molar-refractivity contribution < 1.29 is 13.9 Å². The first-order valence-electron chi connectivity index (χ1n) is 8.39. The molecular weight excluding hydrogens is 299 g/mol. The van der Waals surface area contributed by atoms with Crippen molar-refractivity contribution in [3.05, 3.63) is 17.8 Å². The molecule has 1 unspecified atom stereocenters. The molecular formula is C16H25FN4O2. The molecule has 2 fully saturated rings. The maximum atomic E-state index is 14.3. The van der Waals surface area contributed by atoms with Crippen molar-refractivity contribution in [2.24, 2.45) is 0 Å². The number of hydrogen-bond acceptors (Lipinski definition) is 6. The molecule has 1 N–H and O–H groups in total. The van der Waals surface area contributed by atoms with Crippen LogP contribution < -0.4 is 5.32 Å². The van der Waals surface area contributed by atoms with Gasteiger partial charge in [-0.05, 0) is 19.3 Å². The summed E-state index contributed by atoms with van der Waals surface area (Å²) in [5, 5.41) is 3.21. The van der Waals surface area contributed by atoms with Gasteiger partial charge in [0.05, 0.1) is 31.1 Å². The molecule has 2 aliphatic heterocycles. The Hall–Kier alpha value is -1.31. The third-order valence-electron chi connectivity index (χ3n) is 4.76. The highest BCUT2D eigenvalue weighted by Gasteiger charge is 2.39. The van der Waals surface area contributed by atoms with Gasteiger partial charge in [-0.25, -0.2) is 14.4 Å². The average molecular weight is 324 g/mol. The van der Waals surface area contributed by atoms with E-state index in [0.29, 0.717) is 25.3 Å². The monoisotopic (exact) mass is 324 g/mol. The van der Waals surface area contributed by atoms with Gasteiger partial charge in [-0.1, -0.05) is 6.92 Å². The van der Waals surface area contributed by atoms with Crippen LogP contribution >= 0.6 is 0 Å². The van der Waals surface area contributed by atoms with Crippen LogP contribution in [-0.2, 0) is 15.9 Å². The Bertz CT molecular complexity index is 517. The molecule has 2 aliphatic rings. The van der Waals surface area contributed by atoms with Crippen LogP contribution in [0.3, 0.4) is 0 Å². The summed E-state index contributed by atoms with van der Waals surface area (Å²) in [5.41, 5.74) is 0.328. The number of hydrogen-bond donors (Lipinski definition) is 1. The Balaban J connectivity index is 1.74. The fourth-order valence-electron chi connectivity index (χ4n) is 3.40. The minimum absolute atomic E-state index is 0.119. The highest BCUT2D eigenvalue weighted by Crippen LogP contribution is 2.28. The summed E-state index contributed by atoms with van der Waals surface area (Å²) >= 11 is 0. The zero-order valence-corrected chi connectivity index (χ0v) is 13.7. The number of aryl methyl sites for hydroxylation is 1. The first kappa shape index (κ1) is 16.5. The number of ether oxygens (including phenoxy) is 2. The predicted octanol–water partition coefficient (Wildman–Crippen LogP) is 1.47. The summed E-state index contributed by atoms with van der Waals surface area (Å²) < 4.78 is 25.6. The molecule has 128 valence electrons. The first-order chi connectivity index (χ1) is 11.2. The summed E-state index contributed by atoms with van der Waals surface area (Å²) in [6.45, 7) is 7.22. The quantitative estimate of drug-likeness (QED) is 0.885. The van der Waals surface area contributed by atoms with Crippen LogP contribution in [-0.4, -0.2) is 66.5 Å². The van der Waals surface area contributed by atoms with Gasteiger partial charge in [0.25, 0.3) is 0 Å². The van der Waals surface area contributed by atoms with E-state index in [0.717, 1.165) is 45.8 Å². The van der Waals surface area contributed by atoms with Gasteiger partial charge in [-0.2, -0.15) is 0 Å². The second-order valence-electron chi connectivity index (χ2n) is 6.17. The molecule has 0 saturated carbocycles. The fourth-order valence-corrected chi connectivity index (χ4v) is 3.40. The second-order valence-corrected chi connectivity index (χ2v) is 6.17. The molecule has 0 amide bonds. The molecule has 3 heterocycles. The summed E-state index contributed by atoms with van der Waals surface area (Å²) in [6.07, 6.45) is 4.03. The molecule has 1 atom stereocenters. The third-order valence-corrected chi connectivity index (χ3v) is 4.76. The fraction of sp³-hybridized carbons (Fsp3) is 0.750. The maximum Gasteiger partial charge on any atom is 0.186 e. The number of aromatic nitrogens is 2. The van der Waals surface area contributed by atoms with Crippen molar-refractivity contribution in [3.8, 4) is 0 Å². The van der Waals surface area contributed by atoms with Gasteiger partial charge >= 0.3 is 0 Å². The number of morpholine rings is 1. The van der Waals surface area contributed by atoms with E-state index in [-0.39, 0.29) is 17.2 Å². The zero-order chi connectivity index (χ0) is 16.1. The van der Waals surface area contributed by atoms with Gasteiger partial charge in [0.15, 0.2) is 11.6 Å². The van der Waals surface area contributed by atoms with E-state index in [1.165, 1.54) is 6.33 Å². The predicted molar refractivity (Wildman–Crippen MR) is 85.0 cm³/mol. The minimum atomic E-state index is -0.344. The van der Waals surface area contributed by atoms with Crippen LogP contribution in [0.25, 0.3) is 0 Å². The summed E-state index contributed by atoms with van der Waals surface area (Å²) in [7, 11) is 0. The molecule has 0 aliphatic carbocycles. The van der Waals surface area contributed by atoms with Crippen molar-refractivity contribution in [1.82, 2.24) is 14.9 Å². The first-order valence-corrected chi connectivity index (χ1v) is 8.39. The van der Waals surface area contributed by atoms with Crippen molar-refractivity contribution in [3.63, 3.8) is 0 Å². The molecule has 2 saturated heterocycles. The molecule has 6 nitrogen and oxygen atoms in total. The Kier molecular flexibility index (Phi) is 5.40. The van der Waals surface area contributed by atoms with E-state index in [4.69, 9.17) is 9.47 Å². The van der Waals surface area contributed by atoms with Gasteiger partial charge in [0.2, 0.25) is 0 Å². The normalized spacial score (nSPS) is 26.2. The van der Waals surface area contributed by atoms with Crippen LogP contribution in [0.2, 0.25) is 0 Å². The molecule has 1 aromatic rings. The minimum Gasteiger partial charge on any atom is -0.379 e. The zero-order valence-electron chi connectivity index (χ0n) is 13.7. The van der Waals surface area contributed by atoms with Crippen molar-refractivity contribution in [2.75, 3.05) is 51.4 Å². The van der Waals surface area contributed by atoms with Crippen LogP contribution in [0.1, 0.15) is 25.5 Å². The number of nitrogens with zero attached hydrogens (tertiary/aromatic N) is 3. The van der Waals surface area contributed by atoms with E-state index >= 15 is 0 Å². The number of nitrogens with one attached hydrogen (secondary N) is 1. The van der Waals surface area contributed by atoms with E-state index in [1.807, 2.05) is 6.92 Å². The van der Waals surface area contributed by atoms with E-state index < -0.39 is 0 Å². The second kappa shape index (κ2) is 7.51. The molecule has 0 radical (unpaired) electrons. The lowest BCUT2D eigenvalue weighted by Gasteiger charge is -2.47. The summed E-state index contributed by atoms with van der Waals surface area (Å²) in [6, 6.07) is 0. The molecule has 23 heavy (non-hydrogen) atoms. The van der Waals surface area contributed by atoms with Crippen LogP contribution in [0.4, 0.5) is 10.2 Å². The van der Waals surface area contributed by atoms with E-state index in [1.54, 1.807) is 0 Å². The standard InChI is InChI=1S/C16H25FN4O2/c1-2-13-14(17)15(20-12-19-13)18-10-16(4-3-7-23-11-16)21-5-8-22-9-6-21/h12H,2-11H2,1H3,(H,18,19,20). The van der Waals surface area contributed by atoms with E-state index in [9.17, 15) is 4.39 Å². The number of rotatable bonds is 5. The van der Waals surface area contributed by atoms with Crippen molar-refractivity contribution in [1.29, 1.82) is 0 Å². The Labute approximate surface area is 136 Å². The van der Waals surface area contributed by atoms with Crippen molar-refractivity contribution in [2.45, 2.75) is 31.7 Å². The topological polar surface area (TPSA) is 59.5 Å². The van der Waals surface area contributed by atoms with Crippen LogP contribution in [0, 0.1) is 5.82 Å². The van der Waals surface area contributed by atoms with Gasteiger partial charge < -0.3 is 14.8 Å². The lowest BCUT2D eigenvalue weighted by atomic mass is 9.89. The Morgan fingerprint density at radius 1 is 1.26 bits per heavy atom. The SMILES string of the molecule is CCc1ncnc(NCC2(N3CCOCC3)CCCOC2)c1F. The number of halogens is 1. The molecule has 0 spiro atoms. The Morgan fingerprint density at radius 2 is 2.09 bits per heavy atom. The van der Waals surface area contributed by atoms with Crippen molar-refractivity contribution >= 4 is 5.82 Å². The van der Waals surface area contributed by atoms with Gasteiger partial charge in [-0.15, -0.1) is 0 Å². The summed E-state index contributed by atoms with van der Waals surface area (Å²) in [4.78, 5) is 10.5. The van der Waals surface area contributed by atoms with E-state index in [2.05, 4.69) is 20.2 Å². The molecule has 0 aromatic carbocycles. The maximum absolute atomic E-state index is 14.3. The highest BCUT2D eigenvalue weighted by atomic mass is 19.1. The number of anilines is 1. The molecule has 1 aromatic heterocycles. The lowest BCUT2D eigenvalue weighted by molar-refractivity contribution is -0.0800. The highest BCUT2D eigenvalue weighted by molar-refractivity contribution is 5.38.